The molecule has 0 aliphatic rings. The number of nitrogens with two attached hydrogens (primary N) is 1. The highest BCUT2D eigenvalue weighted by Gasteiger charge is 2.14. The maximum absolute atomic E-state index is 12.2. The minimum Gasteiger partial charge on any atom is -0.389 e. The van der Waals surface area contributed by atoms with Gasteiger partial charge in [0, 0.05) is 29.0 Å². The zero-order valence-electron chi connectivity index (χ0n) is 10.8. The van der Waals surface area contributed by atoms with Gasteiger partial charge in [-0.2, -0.15) is 0 Å². The van der Waals surface area contributed by atoms with E-state index in [9.17, 15) is 8.42 Å². The van der Waals surface area contributed by atoms with Crippen LogP contribution >= 0.6 is 28.1 Å². The zero-order chi connectivity index (χ0) is 15.5. The molecule has 3 N–H and O–H groups in total. The first-order chi connectivity index (χ1) is 9.88. The van der Waals surface area contributed by atoms with Gasteiger partial charge in [0.1, 0.15) is 9.88 Å². The lowest BCUT2D eigenvalue weighted by Crippen LogP contribution is -2.23. The molecule has 0 spiro atoms. The van der Waals surface area contributed by atoms with Crippen LogP contribution in [0, 0.1) is 0 Å². The average molecular weight is 386 g/mol. The number of aromatic nitrogens is 1. The Morgan fingerprint density at radius 2 is 2.10 bits per heavy atom. The van der Waals surface area contributed by atoms with Crippen LogP contribution in [0.1, 0.15) is 11.1 Å². The summed E-state index contributed by atoms with van der Waals surface area (Å²) in [6, 6.07) is 8.59. The van der Waals surface area contributed by atoms with Crippen molar-refractivity contribution in [1.82, 2.24) is 9.71 Å². The van der Waals surface area contributed by atoms with Crippen molar-refractivity contribution in [3.05, 3.63) is 58.3 Å². The van der Waals surface area contributed by atoms with Crippen LogP contribution in [0.5, 0.6) is 0 Å². The van der Waals surface area contributed by atoms with Gasteiger partial charge >= 0.3 is 0 Å². The van der Waals surface area contributed by atoms with Gasteiger partial charge in [0.25, 0.3) is 0 Å². The molecule has 110 valence electrons. The fourth-order valence-corrected chi connectivity index (χ4v) is 3.28. The minimum atomic E-state index is -3.62. The fraction of sp³-hybridized carbons (Fsp3) is 0.0769. The molecular weight excluding hydrogens is 374 g/mol. The molecule has 8 heteroatoms. The van der Waals surface area contributed by atoms with Crippen LogP contribution in [0.4, 0.5) is 0 Å². The third-order valence-electron chi connectivity index (χ3n) is 2.67. The summed E-state index contributed by atoms with van der Waals surface area (Å²) in [6.45, 7) is 0.144. The molecule has 0 radical (unpaired) electrons. The number of nitrogens with one attached hydrogen (secondary N) is 1. The molecule has 0 atom stereocenters. The second-order valence-corrected chi connectivity index (χ2v) is 7.35. The fourth-order valence-electron chi connectivity index (χ4n) is 1.64. The van der Waals surface area contributed by atoms with Gasteiger partial charge in [0.2, 0.25) is 10.0 Å². The lowest BCUT2D eigenvalue weighted by Gasteiger charge is -2.08. The molecule has 1 aromatic carbocycles. The molecule has 0 fully saturated rings. The molecule has 0 bridgehead atoms. The van der Waals surface area contributed by atoms with Gasteiger partial charge in [0.15, 0.2) is 0 Å². The Morgan fingerprint density at radius 1 is 1.33 bits per heavy atom. The monoisotopic (exact) mass is 385 g/mol. The van der Waals surface area contributed by atoms with E-state index in [1.165, 1.54) is 18.5 Å². The highest BCUT2D eigenvalue weighted by atomic mass is 79.9. The predicted molar refractivity (Wildman–Crippen MR) is 88.3 cm³/mol. The predicted octanol–water partition coefficient (Wildman–Crippen LogP) is 1.96. The van der Waals surface area contributed by atoms with Crippen molar-refractivity contribution >= 4 is 43.2 Å². The van der Waals surface area contributed by atoms with Crippen LogP contribution in [0.25, 0.3) is 0 Å². The zero-order valence-corrected chi connectivity index (χ0v) is 14.0. The normalized spacial score (nSPS) is 11.3. The van der Waals surface area contributed by atoms with Gasteiger partial charge in [-0.15, -0.1) is 0 Å². The number of sulfonamides is 1. The molecule has 0 aliphatic carbocycles. The van der Waals surface area contributed by atoms with Crippen molar-refractivity contribution < 1.29 is 8.42 Å². The number of pyridine rings is 1. The summed E-state index contributed by atoms with van der Waals surface area (Å²) in [5, 5.41) is 0. The molecule has 0 aliphatic heterocycles. The van der Waals surface area contributed by atoms with Crippen LogP contribution in [0.15, 0.2) is 52.1 Å². The van der Waals surface area contributed by atoms with Crippen molar-refractivity contribution in [3.63, 3.8) is 0 Å². The molecule has 0 saturated heterocycles. The molecule has 1 heterocycles. The van der Waals surface area contributed by atoms with Crippen molar-refractivity contribution in [2.45, 2.75) is 11.4 Å². The molecule has 0 amide bonds. The quantitative estimate of drug-likeness (QED) is 0.768. The standard InChI is InChI=1S/C13H12BrN3O2S2/c14-11-5-12(8-16-7-11)21(18,19)17-6-9-2-1-3-10(4-9)13(15)20/h1-5,7-8,17H,6H2,(H2,15,20). The third kappa shape index (κ3) is 4.31. The number of nitrogens with zero attached hydrogens (tertiary/aromatic N) is 1. The Bertz CT molecular complexity index is 778. The highest BCUT2D eigenvalue weighted by molar-refractivity contribution is 9.10. The second kappa shape index (κ2) is 6.61. The summed E-state index contributed by atoms with van der Waals surface area (Å²) in [5.74, 6) is 0. The number of halogens is 1. The number of hydrogen-bond acceptors (Lipinski definition) is 4. The number of hydrogen-bond donors (Lipinski definition) is 2. The lowest BCUT2D eigenvalue weighted by atomic mass is 10.1. The van der Waals surface area contributed by atoms with Crippen molar-refractivity contribution in [2.24, 2.45) is 5.73 Å². The molecule has 5 nitrogen and oxygen atoms in total. The Hall–Kier alpha value is -1.35. The first-order valence-electron chi connectivity index (χ1n) is 5.87. The Labute approximate surface area is 136 Å². The first-order valence-corrected chi connectivity index (χ1v) is 8.56. The maximum Gasteiger partial charge on any atom is 0.242 e. The van der Waals surface area contributed by atoms with Crippen molar-refractivity contribution in [1.29, 1.82) is 0 Å². The Morgan fingerprint density at radius 3 is 2.76 bits per heavy atom. The summed E-state index contributed by atoms with van der Waals surface area (Å²) >= 11 is 8.09. The van der Waals surface area contributed by atoms with Crippen molar-refractivity contribution in [2.75, 3.05) is 0 Å². The lowest BCUT2D eigenvalue weighted by molar-refractivity contribution is 0.581. The van der Waals surface area contributed by atoms with Gasteiger partial charge in [-0.3, -0.25) is 4.98 Å². The van der Waals surface area contributed by atoms with E-state index in [0.717, 1.165) is 5.56 Å². The van der Waals surface area contributed by atoms with Gasteiger partial charge in [0.05, 0.1) is 0 Å². The SMILES string of the molecule is NC(=S)c1cccc(CNS(=O)(=O)c2cncc(Br)c2)c1. The number of benzene rings is 1. The molecular formula is C13H12BrN3O2S2. The number of thiocarbonyl (C=S) groups is 1. The third-order valence-corrected chi connectivity index (χ3v) is 4.71. The Kier molecular flexibility index (Phi) is 5.04. The topological polar surface area (TPSA) is 85.1 Å². The molecule has 1 aromatic heterocycles. The maximum atomic E-state index is 12.2. The summed E-state index contributed by atoms with van der Waals surface area (Å²) in [4.78, 5) is 4.22. The second-order valence-electron chi connectivity index (χ2n) is 4.23. The molecule has 21 heavy (non-hydrogen) atoms. The van der Waals surface area contributed by atoms with Gasteiger partial charge in [-0.25, -0.2) is 13.1 Å². The molecule has 0 saturated carbocycles. The van der Waals surface area contributed by atoms with E-state index in [0.29, 0.717) is 10.0 Å². The van der Waals surface area contributed by atoms with E-state index in [2.05, 4.69) is 25.6 Å². The van der Waals surface area contributed by atoms with Crippen molar-refractivity contribution in [3.8, 4) is 0 Å². The van der Waals surface area contributed by atoms with Crippen LogP contribution in [-0.2, 0) is 16.6 Å². The van der Waals surface area contributed by atoms with Gasteiger partial charge < -0.3 is 5.73 Å². The summed E-state index contributed by atoms with van der Waals surface area (Å²) in [5.41, 5.74) is 7.02. The van der Waals surface area contributed by atoms with Gasteiger partial charge in [-0.05, 0) is 33.6 Å². The van der Waals surface area contributed by atoms with Crippen LogP contribution in [-0.4, -0.2) is 18.4 Å². The van der Waals surface area contributed by atoms with E-state index in [4.69, 9.17) is 18.0 Å². The molecule has 2 rings (SSSR count). The van der Waals surface area contributed by atoms with E-state index in [-0.39, 0.29) is 16.4 Å². The van der Waals surface area contributed by atoms with Gasteiger partial charge in [-0.1, -0.05) is 30.4 Å². The molecule has 0 unspecified atom stereocenters. The molecule has 2 aromatic rings. The largest absolute Gasteiger partial charge is 0.389 e. The van der Waals surface area contributed by atoms with Crippen LogP contribution in [0.2, 0.25) is 0 Å². The summed E-state index contributed by atoms with van der Waals surface area (Å²) in [6.07, 6.45) is 2.81. The summed E-state index contributed by atoms with van der Waals surface area (Å²) < 4.78 is 27.4. The smallest absolute Gasteiger partial charge is 0.242 e. The number of rotatable bonds is 5. The average Bonchev–Trinajstić information content (AvgIpc) is 2.45. The highest BCUT2D eigenvalue weighted by Crippen LogP contribution is 2.14. The minimum absolute atomic E-state index is 0.0994. The van der Waals surface area contributed by atoms with E-state index in [1.54, 1.807) is 24.3 Å². The van der Waals surface area contributed by atoms with Crippen LogP contribution in [0.3, 0.4) is 0 Å². The van der Waals surface area contributed by atoms with E-state index < -0.39 is 10.0 Å². The van der Waals surface area contributed by atoms with Crippen LogP contribution < -0.4 is 10.5 Å². The first kappa shape index (κ1) is 16.0. The summed E-state index contributed by atoms with van der Waals surface area (Å²) in [7, 11) is -3.62. The Balaban J connectivity index is 2.15. The van der Waals surface area contributed by atoms with E-state index in [1.807, 2.05) is 0 Å². The van der Waals surface area contributed by atoms with E-state index >= 15 is 0 Å².